The van der Waals surface area contributed by atoms with E-state index in [2.05, 4.69) is 20.7 Å². The highest BCUT2D eigenvalue weighted by Crippen LogP contribution is 2.15. The van der Waals surface area contributed by atoms with Crippen molar-refractivity contribution in [1.82, 2.24) is 15.1 Å². The molecular weight excluding hydrogens is 417 g/mol. The lowest BCUT2D eigenvalue weighted by Gasteiger charge is -2.13. The van der Waals surface area contributed by atoms with Crippen LogP contribution in [0.15, 0.2) is 53.5 Å². The van der Waals surface area contributed by atoms with Crippen LogP contribution >= 0.6 is 11.6 Å². The first kappa shape index (κ1) is 22.5. The number of amides is 1. The Hall–Kier alpha value is -3.19. The quantitative estimate of drug-likeness (QED) is 0.428. The number of rotatable bonds is 6. The lowest BCUT2D eigenvalue weighted by atomic mass is 10.1. The molecule has 0 aliphatic heterocycles. The first-order valence-electron chi connectivity index (χ1n) is 10.0. The van der Waals surface area contributed by atoms with Crippen molar-refractivity contribution in [3.05, 3.63) is 81.9 Å². The minimum absolute atomic E-state index is 0.160. The second-order valence-electron chi connectivity index (χ2n) is 7.01. The summed E-state index contributed by atoms with van der Waals surface area (Å²) in [6.07, 6.45) is 0.646. The average Bonchev–Trinajstić information content (AvgIpc) is 3.02. The molecule has 0 unspecified atom stereocenters. The van der Waals surface area contributed by atoms with Crippen molar-refractivity contribution in [1.29, 1.82) is 0 Å². The molecule has 0 fully saturated rings. The molecular formula is C23H25ClFN5O. The van der Waals surface area contributed by atoms with Crippen molar-refractivity contribution in [3.8, 4) is 0 Å². The zero-order chi connectivity index (χ0) is 22.4. The van der Waals surface area contributed by atoms with E-state index >= 15 is 0 Å². The number of aliphatic imine (C=N–C) groups is 1. The predicted molar refractivity (Wildman–Crippen MR) is 122 cm³/mol. The standard InChI is InChI=1S/C23H25ClFN5O/c1-4-30-16(3)19(15(2)29-30)12-13-26-23(27-21-11-6-5-10-20(21)25)28-22(31)17-8-7-9-18(24)14-17/h5-11,14H,4,12-13H2,1-3H3,(H2,26,27,28,31). The van der Waals surface area contributed by atoms with Gasteiger partial charge in [0.25, 0.3) is 5.91 Å². The Balaban J connectivity index is 1.80. The van der Waals surface area contributed by atoms with E-state index in [9.17, 15) is 9.18 Å². The Morgan fingerprint density at radius 3 is 2.65 bits per heavy atom. The van der Waals surface area contributed by atoms with Crippen LogP contribution in [0.25, 0.3) is 0 Å². The number of hydrogen-bond acceptors (Lipinski definition) is 3. The number of benzene rings is 2. The molecule has 3 rings (SSSR count). The molecule has 1 heterocycles. The Kier molecular flexibility index (Phi) is 7.41. The van der Waals surface area contributed by atoms with Gasteiger partial charge in [-0.1, -0.05) is 29.8 Å². The highest BCUT2D eigenvalue weighted by molar-refractivity contribution is 6.31. The van der Waals surface area contributed by atoms with Gasteiger partial charge >= 0.3 is 0 Å². The lowest BCUT2D eigenvalue weighted by Crippen LogP contribution is -2.36. The molecule has 0 saturated carbocycles. The summed E-state index contributed by atoms with van der Waals surface area (Å²) in [5.41, 5.74) is 3.78. The molecule has 0 aliphatic carbocycles. The van der Waals surface area contributed by atoms with Crippen LogP contribution in [0.3, 0.4) is 0 Å². The van der Waals surface area contributed by atoms with Gasteiger partial charge in [-0.2, -0.15) is 5.10 Å². The van der Waals surface area contributed by atoms with E-state index in [-0.39, 0.29) is 11.6 Å². The van der Waals surface area contributed by atoms with Gasteiger partial charge in [0.2, 0.25) is 5.96 Å². The predicted octanol–water partition coefficient (Wildman–Crippen LogP) is 4.75. The number of carbonyl (C=O) groups is 1. The molecule has 0 spiro atoms. The zero-order valence-electron chi connectivity index (χ0n) is 17.7. The number of aromatic nitrogens is 2. The number of halogens is 2. The molecule has 0 aliphatic rings. The maximum Gasteiger partial charge on any atom is 0.258 e. The smallest absolute Gasteiger partial charge is 0.258 e. The molecule has 2 aromatic carbocycles. The van der Waals surface area contributed by atoms with E-state index in [1.165, 1.54) is 6.07 Å². The van der Waals surface area contributed by atoms with E-state index in [0.29, 0.717) is 23.6 Å². The monoisotopic (exact) mass is 441 g/mol. The number of anilines is 1. The van der Waals surface area contributed by atoms with Crippen LogP contribution in [-0.4, -0.2) is 28.2 Å². The molecule has 0 saturated heterocycles. The first-order valence-corrected chi connectivity index (χ1v) is 10.4. The average molecular weight is 442 g/mol. The fourth-order valence-electron chi connectivity index (χ4n) is 3.29. The molecule has 31 heavy (non-hydrogen) atoms. The molecule has 0 atom stereocenters. The maximum atomic E-state index is 14.1. The van der Waals surface area contributed by atoms with Crippen LogP contribution in [0.5, 0.6) is 0 Å². The van der Waals surface area contributed by atoms with Crippen molar-refractivity contribution >= 4 is 29.2 Å². The van der Waals surface area contributed by atoms with E-state index in [4.69, 9.17) is 11.6 Å². The summed E-state index contributed by atoms with van der Waals surface area (Å²) < 4.78 is 16.1. The summed E-state index contributed by atoms with van der Waals surface area (Å²) in [6.45, 7) is 7.23. The minimum atomic E-state index is -0.442. The minimum Gasteiger partial charge on any atom is -0.323 e. The summed E-state index contributed by atoms with van der Waals surface area (Å²) in [6, 6.07) is 12.8. The number of carbonyl (C=O) groups excluding carboxylic acids is 1. The Bertz CT molecular complexity index is 1110. The topological polar surface area (TPSA) is 71.3 Å². The summed E-state index contributed by atoms with van der Waals surface area (Å²) in [5.74, 6) is -0.673. The van der Waals surface area contributed by atoms with Crippen LogP contribution in [-0.2, 0) is 13.0 Å². The van der Waals surface area contributed by atoms with Gasteiger partial charge in [-0.05, 0) is 63.1 Å². The fourth-order valence-corrected chi connectivity index (χ4v) is 3.48. The van der Waals surface area contributed by atoms with Gasteiger partial charge in [-0.25, -0.2) is 4.39 Å². The third-order valence-corrected chi connectivity index (χ3v) is 5.14. The van der Waals surface area contributed by atoms with Gasteiger partial charge in [0, 0.05) is 29.4 Å². The number of nitrogens with one attached hydrogen (secondary N) is 2. The molecule has 0 radical (unpaired) electrons. The third kappa shape index (κ3) is 5.70. The zero-order valence-corrected chi connectivity index (χ0v) is 18.5. The van der Waals surface area contributed by atoms with Crippen LogP contribution in [0.2, 0.25) is 5.02 Å². The lowest BCUT2D eigenvalue weighted by molar-refractivity contribution is 0.0977. The number of para-hydroxylation sites is 1. The second-order valence-corrected chi connectivity index (χ2v) is 7.45. The molecule has 6 nitrogen and oxygen atoms in total. The Morgan fingerprint density at radius 2 is 1.97 bits per heavy atom. The molecule has 8 heteroatoms. The van der Waals surface area contributed by atoms with E-state index < -0.39 is 11.7 Å². The van der Waals surface area contributed by atoms with Gasteiger partial charge < -0.3 is 5.32 Å². The Morgan fingerprint density at radius 1 is 1.19 bits per heavy atom. The van der Waals surface area contributed by atoms with Crippen LogP contribution in [0, 0.1) is 19.7 Å². The van der Waals surface area contributed by atoms with Crippen LogP contribution < -0.4 is 10.6 Å². The molecule has 162 valence electrons. The number of nitrogens with zero attached hydrogens (tertiary/aromatic N) is 3. The highest BCUT2D eigenvalue weighted by atomic mass is 35.5. The van der Waals surface area contributed by atoms with Crippen molar-refractivity contribution in [2.45, 2.75) is 33.7 Å². The molecule has 1 amide bonds. The first-order chi connectivity index (χ1) is 14.9. The normalized spacial score (nSPS) is 11.5. The Labute approximate surface area is 186 Å². The molecule has 0 bridgehead atoms. The largest absolute Gasteiger partial charge is 0.323 e. The van der Waals surface area contributed by atoms with Crippen LogP contribution in [0.4, 0.5) is 10.1 Å². The summed E-state index contributed by atoms with van der Waals surface area (Å²) >= 11 is 5.99. The van der Waals surface area contributed by atoms with E-state index in [1.807, 2.05) is 25.5 Å². The molecule has 1 aromatic heterocycles. The number of aryl methyl sites for hydroxylation is 2. The van der Waals surface area contributed by atoms with Crippen molar-refractivity contribution < 1.29 is 9.18 Å². The van der Waals surface area contributed by atoms with Gasteiger partial charge in [-0.15, -0.1) is 0 Å². The number of hydrogen-bond donors (Lipinski definition) is 2. The second kappa shape index (κ2) is 10.2. The van der Waals surface area contributed by atoms with Crippen molar-refractivity contribution in [2.75, 3.05) is 11.9 Å². The maximum absolute atomic E-state index is 14.1. The van der Waals surface area contributed by atoms with Gasteiger partial charge in [0.1, 0.15) is 5.82 Å². The van der Waals surface area contributed by atoms with E-state index in [0.717, 1.165) is 23.5 Å². The summed E-state index contributed by atoms with van der Waals surface area (Å²) in [5, 5.41) is 10.6. The molecule has 2 N–H and O–H groups in total. The number of guanidine groups is 1. The van der Waals surface area contributed by atoms with Crippen molar-refractivity contribution in [2.24, 2.45) is 4.99 Å². The van der Waals surface area contributed by atoms with Crippen molar-refractivity contribution in [3.63, 3.8) is 0 Å². The molecule has 3 aromatic rings. The van der Waals surface area contributed by atoms with Crippen LogP contribution in [0.1, 0.15) is 34.2 Å². The van der Waals surface area contributed by atoms with Gasteiger partial charge in [0.15, 0.2) is 0 Å². The third-order valence-electron chi connectivity index (χ3n) is 4.91. The van der Waals surface area contributed by atoms with E-state index in [1.54, 1.807) is 42.5 Å². The fraction of sp³-hybridized carbons (Fsp3) is 0.261. The summed E-state index contributed by atoms with van der Waals surface area (Å²) in [4.78, 5) is 17.2. The highest BCUT2D eigenvalue weighted by Gasteiger charge is 2.13. The van der Waals surface area contributed by atoms with Gasteiger partial charge in [-0.3, -0.25) is 19.8 Å². The van der Waals surface area contributed by atoms with Gasteiger partial charge in [0.05, 0.1) is 11.4 Å². The summed E-state index contributed by atoms with van der Waals surface area (Å²) in [7, 11) is 0. The SMILES string of the molecule is CCn1nc(C)c(CCN=C(NC(=O)c2cccc(Cl)c2)Nc2ccccc2F)c1C.